The smallest absolute Gasteiger partial charge is 0.155 e. The van der Waals surface area contributed by atoms with E-state index >= 15 is 0 Å². The zero-order chi connectivity index (χ0) is 13.6. The van der Waals surface area contributed by atoms with Crippen molar-refractivity contribution in [2.75, 3.05) is 0 Å². The van der Waals surface area contributed by atoms with Crippen LogP contribution in [0.5, 0.6) is 0 Å². The Morgan fingerprint density at radius 1 is 1.26 bits per heavy atom. The quantitative estimate of drug-likeness (QED) is 0.677. The number of halogens is 1. The maximum Gasteiger partial charge on any atom is 0.155 e. The van der Waals surface area contributed by atoms with Gasteiger partial charge in [-0.3, -0.25) is 5.10 Å². The molecule has 3 rings (SSSR count). The number of benzene rings is 1. The summed E-state index contributed by atoms with van der Waals surface area (Å²) < 4.78 is 2.59. The van der Waals surface area contributed by atoms with E-state index in [9.17, 15) is 0 Å². The van der Waals surface area contributed by atoms with Crippen LogP contribution >= 0.6 is 23.8 Å². The standard InChI is InChI=1S/C14H12ClN3S/c1-8-9(2)16-13-7-12(17-18(13)14(8)19)10-4-3-5-11(15)6-10/h3-7,17H,1-2H3. The number of H-pyrrole nitrogens is 1. The van der Waals surface area contributed by atoms with Crippen LogP contribution < -0.4 is 0 Å². The second-order valence-electron chi connectivity index (χ2n) is 4.50. The van der Waals surface area contributed by atoms with Gasteiger partial charge in [-0.15, -0.1) is 0 Å². The Bertz CT molecular complexity index is 832. The molecule has 0 fully saturated rings. The number of nitrogens with one attached hydrogen (secondary N) is 1. The summed E-state index contributed by atoms with van der Waals surface area (Å²) in [6, 6.07) is 9.67. The van der Waals surface area contributed by atoms with Crippen LogP contribution in [0.2, 0.25) is 5.02 Å². The van der Waals surface area contributed by atoms with Crippen molar-refractivity contribution in [3.8, 4) is 11.3 Å². The third kappa shape index (κ3) is 2.07. The van der Waals surface area contributed by atoms with Gasteiger partial charge < -0.3 is 0 Å². The highest BCUT2D eigenvalue weighted by atomic mass is 35.5. The maximum absolute atomic E-state index is 6.02. The fraction of sp³-hybridized carbons (Fsp3) is 0.143. The summed E-state index contributed by atoms with van der Waals surface area (Å²) in [6.45, 7) is 3.95. The predicted octanol–water partition coefficient (Wildman–Crippen LogP) is 4.33. The average Bonchev–Trinajstić information content (AvgIpc) is 2.80. The van der Waals surface area contributed by atoms with Gasteiger partial charge in [-0.2, -0.15) is 0 Å². The minimum absolute atomic E-state index is 0.708. The van der Waals surface area contributed by atoms with Crippen LogP contribution in [0.25, 0.3) is 16.9 Å². The summed E-state index contributed by atoms with van der Waals surface area (Å²) in [5, 5.41) is 3.98. The van der Waals surface area contributed by atoms with Crippen molar-refractivity contribution in [2.45, 2.75) is 13.8 Å². The number of aryl methyl sites for hydroxylation is 1. The largest absolute Gasteiger partial charge is 0.291 e. The van der Waals surface area contributed by atoms with Crippen molar-refractivity contribution in [3.05, 3.63) is 51.3 Å². The van der Waals surface area contributed by atoms with E-state index in [0.29, 0.717) is 5.02 Å². The molecule has 1 N–H and O–H groups in total. The lowest BCUT2D eigenvalue weighted by Gasteiger charge is -2.01. The average molecular weight is 290 g/mol. The van der Waals surface area contributed by atoms with Crippen molar-refractivity contribution in [3.63, 3.8) is 0 Å². The summed E-state index contributed by atoms with van der Waals surface area (Å²) in [5.74, 6) is 0. The molecular weight excluding hydrogens is 278 g/mol. The number of aromatic nitrogens is 3. The fourth-order valence-corrected chi connectivity index (χ4v) is 2.50. The normalized spacial score (nSPS) is 11.1. The molecule has 3 aromatic rings. The number of aromatic amines is 1. The third-order valence-corrected chi connectivity index (χ3v) is 3.94. The zero-order valence-electron chi connectivity index (χ0n) is 10.6. The van der Waals surface area contributed by atoms with Crippen molar-refractivity contribution in [1.82, 2.24) is 14.6 Å². The highest BCUT2D eigenvalue weighted by Crippen LogP contribution is 2.23. The second-order valence-corrected chi connectivity index (χ2v) is 5.32. The Kier molecular flexibility index (Phi) is 2.92. The molecule has 0 aliphatic heterocycles. The van der Waals surface area contributed by atoms with E-state index in [1.54, 1.807) is 0 Å². The number of fused-ring (bicyclic) bond motifs is 1. The Morgan fingerprint density at radius 2 is 2.05 bits per heavy atom. The first-order valence-electron chi connectivity index (χ1n) is 5.91. The molecule has 0 aliphatic rings. The van der Waals surface area contributed by atoms with Crippen LogP contribution in [-0.2, 0) is 0 Å². The zero-order valence-corrected chi connectivity index (χ0v) is 12.1. The van der Waals surface area contributed by atoms with E-state index in [1.165, 1.54) is 0 Å². The van der Waals surface area contributed by atoms with Gasteiger partial charge in [0.15, 0.2) is 5.65 Å². The lowest BCUT2D eigenvalue weighted by Crippen LogP contribution is -1.98. The maximum atomic E-state index is 6.02. The molecule has 0 atom stereocenters. The van der Waals surface area contributed by atoms with Crippen LogP contribution in [0.3, 0.4) is 0 Å². The van der Waals surface area contributed by atoms with Crippen LogP contribution in [-0.4, -0.2) is 14.6 Å². The Morgan fingerprint density at radius 3 is 2.79 bits per heavy atom. The SMILES string of the molecule is Cc1nc2cc(-c3cccc(Cl)c3)[nH]n2c(=S)c1C. The molecule has 0 spiro atoms. The van der Waals surface area contributed by atoms with Gasteiger partial charge in [-0.05, 0) is 26.0 Å². The Hall–Kier alpha value is -1.65. The van der Waals surface area contributed by atoms with Crippen LogP contribution in [0.15, 0.2) is 30.3 Å². The first-order chi connectivity index (χ1) is 9.06. The minimum Gasteiger partial charge on any atom is -0.291 e. The molecule has 19 heavy (non-hydrogen) atoms. The summed E-state index contributed by atoms with van der Waals surface area (Å²) in [7, 11) is 0. The number of hydrogen-bond donors (Lipinski definition) is 1. The molecule has 0 saturated heterocycles. The Balaban J connectivity index is 2.28. The van der Waals surface area contributed by atoms with E-state index < -0.39 is 0 Å². The van der Waals surface area contributed by atoms with Crippen molar-refractivity contribution < 1.29 is 0 Å². The highest BCUT2D eigenvalue weighted by molar-refractivity contribution is 7.71. The highest BCUT2D eigenvalue weighted by Gasteiger charge is 2.08. The van der Waals surface area contributed by atoms with Gasteiger partial charge in [-0.25, -0.2) is 9.50 Å². The molecule has 0 unspecified atom stereocenters. The molecule has 0 aliphatic carbocycles. The summed E-state index contributed by atoms with van der Waals surface area (Å²) in [4.78, 5) is 4.54. The minimum atomic E-state index is 0.708. The van der Waals surface area contributed by atoms with E-state index in [2.05, 4.69) is 10.1 Å². The first-order valence-corrected chi connectivity index (χ1v) is 6.70. The molecular formula is C14H12ClN3S. The lowest BCUT2D eigenvalue weighted by atomic mass is 10.1. The molecule has 2 heterocycles. The van der Waals surface area contributed by atoms with Crippen LogP contribution in [0, 0.1) is 18.5 Å². The van der Waals surface area contributed by atoms with Gasteiger partial charge in [0.1, 0.15) is 4.64 Å². The molecule has 5 heteroatoms. The van der Waals surface area contributed by atoms with E-state index in [0.717, 1.165) is 32.8 Å². The summed E-state index contributed by atoms with van der Waals surface area (Å²) >= 11 is 11.5. The molecule has 0 saturated carbocycles. The molecule has 0 radical (unpaired) electrons. The topological polar surface area (TPSA) is 33.1 Å². The van der Waals surface area contributed by atoms with Gasteiger partial charge in [0, 0.05) is 27.9 Å². The van der Waals surface area contributed by atoms with E-state index in [1.807, 2.05) is 48.7 Å². The number of rotatable bonds is 1. The van der Waals surface area contributed by atoms with Gasteiger partial charge in [0.2, 0.25) is 0 Å². The molecule has 3 nitrogen and oxygen atoms in total. The third-order valence-electron chi connectivity index (χ3n) is 3.22. The molecule has 0 bridgehead atoms. The van der Waals surface area contributed by atoms with Gasteiger partial charge in [0.25, 0.3) is 0 Å². The summed E-state index contributed by atoms with van der Waals surface area (Å²) in [6.07, 6.45) is 0. The molecule has 1 aromatic carbocycles. The molecule has 2 aromatic heterocycles. The lowest BCUT2D eigenvalue weighted by molar-refractivity contribution is 0.903. The van der Waals surface area contributed by atoms with Crippen molar-refractivity contribution >= 4 is 29.5 Å². The van der Waals surface area contributed by atoms with Crippen molar-refractivity contribution in [2.24, 2.45) is 0 Å². The van der Waals surface area contributed by atoms with Crippen LogP contribution in [0.4, 0.5) is 0 Å². The van der Waals surface area contributed by atoms with E-state index in [-0.39, 0.29) is 0 Å². The van der Waals surface area contributed by atoms with E-state index in [4.69, 9.17) is 23.8 Å². The van der Waals surface area contributed by atoms with Crippen LogP contribution in [0.1, 0.15) is 11.3 Å². The van der Waals surface area contributed by atoms with Gasteiger partial charge >= 0.3 is 0 Å². The molecule has 0 amide bonds. The first kappa shape index (κ1) is 12.4. The van der Waals surface area contributed by atoms with Gasteiger partial charge in [-0.1, -0.05) is 36.0 Å². The number of hydrogen-bond acceptors (Lipinski definition) is 2. The Labute approximate surface area is 120 Å². The number of nitrogens with zero attached hydrogens (tertiary/aromatic N) is 2. The fourth-order valence-electron chi connectivity index (χ4n) is 2.02. The monoisotopic (exact) mass is 289 g/mol. The molecule has 96 valence electrons. The summed E-state index contributed by atoms with van der Waals surface area (Å²) in [5.41, 5.74) is 4.77. The van der Waals surface area contributed by atoms with Crippen molar-refractivity contribution in [1.29, 1.82) is 0 Å². The van der Waals surface area contributed by atoms with Gasteiger partial charge in [0.05, 0.1) is 5.69 Å². The predicted molar refractivity (Wildman–Crippen MR) is 80.3 cm³/mol. The second kappa shape index (κ2) is 4.47.